The minimum Gasteiger partial charge on any atom is -0.381 e. The predicted octanol–water partition coefficient (Wildman–Crippen LogP) is 2.71. The van der Waals surface area contributed by atoms with Gasteiger partial charge in [0.15, 0.2) is 0 Å². The number of hydrogen-bond acceptors (Lipinski definition) is 2. The standard InChI is InChI=1S/C12H25NO/c1-2-9-14-10-8-11-6-4-3-5-7-12(11)13/h11-12H,2-10,13H2,1H3. The Morgan fingerprint density at radius 1 is 1.14 bits per heavy atom. The molecule has 2 heteroatoms. The first kappa shape index (κ1) is 12.0. The highest BCUT2D eigenvalue weighted by molar-refractivity contribution is 4.76. The smallest absolute Gasteiger partial charge is 0.0469 e. The molecule has 1 rings (SSSR count). The fraction of sp³-hybridized carbons (Fsp3) is 1.00. The Bertz CT molecular complexity index is 138. The van der Waals surface area contributed by atoms with E-state index >= 15 is 0 Å². The first-order valence-corrected chi connectivity index (χ1v) is 6.18. The number of hydrogen-bond donors (Lipinski definition) is 1. The lowest BCUT2D eigenvalue weighted by molar-refractivity contribution is 0.115. The summed E-state index contributed by atoms with van der Waals surface area (Å²) in [6.07, 6.45) is 8.90. The third-order valence-corrected chi connectivity index (χ3v) is 3.20. The van der Waals surface area contributed by atoms with Crippen molar-refractivity contribution >= 4 is 0 Å². The Hall–Kier alpha value is -0.0800. The zero-order valence-electron chi connectivity index (χ0n) is 9.50. The maximum Gasteiger partial charge on any atom is 0.0469 e. The average Bonchev–Trinajstić information content (AvgIpc) is 2.39. The van der Waals surface area contributed by atoms with Crippen LogP contribution >= 0.6 is 0 Å². The maximum absolute atomic E-state index is 6.14. The van der Waals surface area contributed by atoms with Crippen molar-refractivity contribution in [3.63, 3.8) is 0 Å². The summed E-state index contributed by atoms with van der Waals surface area (Å²) in [5, 5.41) is 0. The van der Waals surface area contributed by atoms with Crippen molar-refractivity contribution < 1.29 is 4.74 Å². The summed E-state index contributed by atoms with van der Waals surface area (Å²) in [6, 6.07) is 0.433. The zero-order chi connectivity index (χ0) is 10.2. The van der Waals surface area contributed by atoms with E-state index in [1.807, 2.05) is 0 Å². The van der Waals surface area contributed by atoms with Crippen LogP contribution in [-0.4, -0.2) is 19.3 Å². The second-order valence-electron chi connectivity index (χ2n) is 4.46. The molecule has 2 N–H and O–H groups in total. The quantitative estimate of drug-likeness (QED) is 0.546. The molecule has 0 saturated heterocycles. The van der Waals surface area contributed by atoms with Crippen LogP contribution in [-0.2, 0) is 4.74 Å². The fourth-order valence-corrected chi connectivity index (χ4v) is 2.25. The molecule has 0 aromatic rings. The minimum atomic E-state index is 0.433. The van der Waals surface area contributed by atoms with E-state index in [4.69, 9.17) is 10.5 Å². The summed E-state index contributed by atoms with van der Waals surface area (Å²) < 4.78 is 5.52. The molecule has 0 bridgehead atoms. The van der Waals surface area contributed by atoms with E-state index in [0.717, 1.165) is 19.6 Å². The molecular formula is C12H25NO. The maximum atomic E-state index is 6.14. The lowest BCUT2D eigenvalue weighted by atomic mass is 9.93. The molecule has 0 aromatic heterocycles. The van der Waals surface area contributed by atoms with Crippen molar-refractivity contribution in [2.24, 2.45) is 11.7 Å². The van der Waals surface area contributed by atoms with Crippen LogP contribution < -0.4 is 5.73 Å². The largest absolute Gasteiger partial charge is 0.381 e. The van der Waals surface area contributed by atoms with Gasteiger partial charge >= 0.3 is 0 Å². The van der Waals surface area contributed by atoms with Gasteiger partial charge in [0, 0.05) is 19.3 Å². The lowest BCUT2D eigenvalue weighted by Gasteiger charge is -2.20. The topological polar surface area (TPSA) is 35.2 Å². The third-order valence-electron chi connectivity index (χ3n) is 3.20. The monoisotopic (exact) mass is 199 g/mol. The molecule has 1 fully saturated rings. The van der Waals surface area contributed by atoms with Gasteiger partial charge in [-0.05, 0) is 31.6 Å². The van der Waals surface area contributed by atoms with Gasteiger partial charge < -0.3 is 10.5 Å². The van der Waals surface area contributed by atoms with Gasteiger partial charge in [-0.1, -0.05) is 26.2 Å². The van der Waals surface area contributed by atoms with Crippen LogP contribution in [0.1, 0.15) is 51.9 Å². The van der Waals surface area contributed by atoms with Crippen LogP contribution in [0, 0.1) is 5.92 Å². The van der Waals surface area contributed by atoms with E-state index in [-0.39, 0.29) is 0 Å². The summed E-state index contributed by atoms with van der Waals surface area (Å²) in [6.45, 7) is 3.96. The van der Waals surface area contributed by atoms with Crippen molar-refractivity contribution in [2.45, 2.75) is 57.9 Å². The van der Waals surface area contributed by atoms with E-state index in [9.17, 15) is 0 Å². The molecule has 14 heavy (non-hydrogen) atoms. The van der Waals surface area contributed by atoms with Crippen molar-refractivity contribution in [3.05, 3.63) is 0 Å². The Balaban J connectivity index is 2.13. The third kappa shape index (κ3) is 4.43. The second-order valence-corrected chi connectivity index (χ2v) is 4.46. The Labute approximate surface area is 88.2 Å². The molecule has 1 aliphatic rings. The molecule has 2 nitrogen and oxygen atoms in total. The van der Waals surface area contributed by atoms with Crippen LogP contribution in [0.3, 0.4) is 0 Å². The van der Waals surface area contributed by atoms with Gasteiger partial charge in [-0.3, -0.25) is 0 Å². The van der Waals surface area contributed by atoms with Crippen LogP contribution in [0.15, 0.2) is 0 Å². The van der Waals surface area contributed by atoms with E-state index in [0.29, 0.717) is 12.0 Å². The molecule has 0 spiro atoms. The zero-order valence-corrected chi connectivity index (χ0v) is 9.50. The SMILES string of the molecule is CCCOCCC1CCCCCC1N. The highest BCUT2D eigenvalue weighted by atomic mass is 16.5. The minimum absolute atomic E-state index is 0.433. The Morgan fingerprint density at radius 3 is 2.71 bits per heavy atom. The second kappa shape index (κ2) is 7.24. The molecule has 2 unspecified atom stereocenters. The molecular weight excluding hydrogens is 174 g/mol. The number of rotatable bonds is 5. The van der Waals surface area contributed by atoms with E-state index in [2.05, 4.69) is 6.92 Å². The molecule has 2 atom stereocenters. The van der Waals surface area contributed by atoms with Crippen molar-refractivity contribution in [3.8, 4) is 0 Å². The van der Waals surface area contributed by atoms with Gasteiger partial charge in [0.05, 0.1) is 0 Å². The summed E-state index contributed by atoms with van der Waals surface area (Å²) in [7, 11) is 0. The molecule has 1 saturated carbocycles. The van der Waals surface area contributed by atoms with E-state index < -0.39 is 0 Å². The summed E-state index contributed by atoms with van der Waals surface area (Å²) in [5.41, 5.74) is 6.14. The van der Waals surface area contributed by atoms with Crippen LogP contribution in [0.5, 0.6) is 0 Å². The van der Waals surface area contributed by atoms with E-state index in [1.54, 1.807) is 0 Å². The highest BCUT2D eigenvalue weighted by Gasteiger charge is 2.19. The molecule has 0 amide bonds. The van der Waals surface area contributed by atoms with Crippen molar-refractivity contribution in [2.75, 3.05) is 13.2 Å². The fourth-order valence-electron chi connectivity index (χ4n) is 2.25. The van der Waals surface area contributed by atoms with Gasteiger partial charge in [0.1, 0.15) is 0 Å². The van der Waals surface area contributed by atoms with Gasteiger partial charge in [-0.25, -0.2) is 0 Å². The molecule has 0 aliphatic heterocycles. The van der Waals surface area contributed by atoms with Crippen LogP contribution in [0.25, 0.3) is 0 Å². The molecule has 1 aliphatic carbocycles. The number of nitrogens with two attached hydrogens (primary N) is 1. The van der Waals surface area contributed by atoms with Crippen LogP contribution in [0.2, 0.25) is 0 Å². The predicted molar refractivity (Wildman–Crippen MR) is 60.3 cm³/mol. The molecule has 0 aromatic carbocycles. The summed E-state index contributed by atoms with van der Waals surface area (Å²) in [4.78, 5) is 0. The first-order chi connectivity index (χ1) is 6.84. The average molecular weight is 199 g/mol. The van der Waals surface area contributed by atoms with E-state index in [1.165, 1.54) is 38.5 Å². The summed E-state index contributed by atoms with van der Waals surface area (Å²) >= 11 is 0. The van der Waals surface area contributed by atoms with Gasteiger partial charge in [0.25, 0.3) is 0 Å². The van der Waals surface area contributed by atoms with Gasteiger partial charge in [-0.15, -0.1) is 0 Å². The van der Waals surface area contributed by atoms with Gasteiger partial charge in [-0.2, -0.15) is 0 Å². The first-order valence-electron chi connectivity index (χ1n) is 6.18. The summed E-state index contributed by atoms with van der Waals surface area (Å²) in [5.74, 6) is 0.717. The lowest BCUT2D eigenvalue weighted by Crippen LogP contribution is -2.29. The molecule has 84 valence electrons. The van der Waals surface area contributed by atoms with Crippen molar-refractivity contribution in [1.29, 1.82) is 0 Å². The Kier molecular flexibility index (Phi) is 6.20. The molecule has 0 radical (unpaired) electrons. The normalized spacial score (nSPS) is 28.7. The Morgan fingerprint density at radius 2 is 1.93 bits per heavy atom. The highest BCUT2D eigenvalue weighted by Crippen LogP contribution is 2.24. The van der Waals surface area contributed by atoms with Crippen LogP contribution in [0.4, 0.5) is 0 Å². The van der Waals surface area contributed by atoms with Gasteiger partial charge in [0.2, 0.25) is 0 Å². The molecule has 0 heterocycles. The van der Waals surface area contributed by atoms with Crippen molar-refractivity contribution in [1.82, 2.24) is 0 Å². The number of ether oxygens (including phenoxy) is 1.